The van der Waals surface area contributed by atoms with Gasteiger partial charge in [0.05, 0.1) is 6.10 Å². The van der Waals surface area contributed by atoms with Crippen LogP contribution in [0, 0.1) is 0 Å². The number of nitrogens with one attached hydrogen (secondary N) is 1. The average molecular weight is 222 g/mol. The van der Waals surface area contributed by atoms with E-state index in [4.69, 9.17) is 4.74 Å². The van der Waals surface area contributed by atoms with Crippen LogP contribution in [0.5, 0.6) is 0 Å². The van der Waals surface area contributed by atoms with Crippen LogP contribution in [0.2, 0.25) is 0 Å². The van der Waals surface area contributed by atoms with E-state index in [1.807, 2.05) is 0 Å². The van der Waals surface area contributed by atoms with E-state index in [9.17, 15) is 0 Å². The molecular weight excluding hydrogens is 200 g/mol. The number of nitrogens with zero attached hydrogens (tertiary/aromatic N) is 1. The summed E-state index contributed by atoms with van der Waals surface area (Å²) in [5.74, 6) is 0. The van der Waals surface area contributed by atoms with Gasteiger partial charge in [0.1, 0.15) is 0 Å². The molecule has 0 bridgehead atoms. The lowest BCUT2D eigenvalue weighted by molar-refractivity contribution is 0.100. The highest BCUT2D eigenvalue weighted by molar-refractivity contribution is 5.09. The number of rotatable bonds is 6. The highest BCUT2D eigenvalue weighted by Gasteiger charge is 2.14. The molecule has 0 spiro atoms. The fourth-order valence-corrected chi connectivity index (χ4v) is 2.17. The Labute approximate surface area is 97.8 Å². The first-order valence-electron chi connectivity index (χ1n) is 6.35. The molecule has 1 atom stereocenters. The van der Waals surface area contributed by atoms with Crippen LogP contribution in [0.25, 0.3) is 0 Å². The first kappa shape index (κ1) is 11.7. The Morgan fingerprint density at radius 1 is 1.56 bits per heavy atom. The minimum atomic E-state index is 0.500. The van der Waals surface area contributed by atoms with Crippen LogP contribution in [-0.4, -0.2) is 23.8 Å². The van der Waals surface area contributed by atoms with Gasteiger partial charge in [-0.15, -0.1) is 0 Å². The number of hydrogen-bond donors (Lipinski definition) is 1. The van der Waals surface area contributed by atoms with Crippen LogP contribution in [0.4, 0.5) is 0 Å². The summed E-state index contributed by atoms with van der Waals surface area (Å²) in [5.41, 5.74) is 1.37. The standard InChI is InChI=1S/C13H22N2O/c1-2-14-10-12-5-7-15(11-12)8-6-13-4-3-9-16-13/h5,7,11,13-14H,2-4,6,8-10H2,1H3. The van der Waals surface area contributed by atoms with Crippen molar-refractivity contribution in [2.45, 2.75) is 45.4 Å². The fourth-order valence-electron chi connectivity index (χ4n) is 2.17. The van der Waals surface area contributed by atoms with Gasteiger partial charge in [-0.25, -0.2) is 0 Å². The molecule has 2 rings (SSSR count). The van der Waals surface area contributed by atoms with Gasteiger partial charge in [-0.2, -0.15) is 0 Å². The molecule has 1 aliphatic heterocycles. The van der Waals surface area contributed by atoms with Gasteiger partial charge >= 0.3 is 0 Å². The van der Waals surface area contributed by atoms with Gasteiger partial charge in [-0.3, -0.25) is 0 Å². The summed E-state index contributed by atoms with van der Waals surface area (Å²) in [5, 5.41) is 3.34. The van der Waals surface area contributed by atoms with Crippen LogP contribution in [-0.2, 0) is 17.8 Å². The molecule has 3 heteroatoms. The van der Waals surface area contributed by atoms with Crippen LogP contribution >= 0.6 is 0 Å². The molecule has 0 aliphatic carbocycles. The smallest absolute Gasteiger partial charge is 0.0593 e. The van der Waals surface area contributed by atoms with E-state index in [0.29, 0.717) is 6.10 Å². The van der Waals surface area contributed by atoms with Crippen LogP contribution in [0.15, 0.2) is 18.5 Å². The zero-order valence-electron chi connectivity index (χ0n) is 10.1. The molecule has 1 unspecified atom stereocenters. The molecule has 1 saturated heterocycles. The summed E-state index contributed by atoms with van der Waals surface area (Å²) in [4.78, 5) is 0. The Hall–Kier alpha value is -0.800. The van der Waals surface area contributed by atoms with Crippen molar-refractivity contribution in [1.29, 1.82) is 0 Å². The molecule has 1 aliphatic rings. The van der Waals surface area contributed by atoms with Gasteiger partial charge in [-0.1, -0.05) is 6.92 Å². The highest BCUT2D eigenvalue weighted by Crippen LogP contribution is 2.16. The molecule has 16 heavy (non-hydrogen) atoms. The number of ether oxygens (including phenoxy) is 1. The Morgan fingerprint density at radius 3 is 3.25 bits per heavy atom. The van der Waals surface area contributed by atoms with E-state index in [1.54, 1.807) is 0 Å². The number of hydrogen-bond acceptors (Lipinski definition) is 2. The Morgan fingerprint density at radius 2 is 2.50 bits per heavy atom. The maximum Gasteiger partial charge on any atom is 0.0593 e. The molecule has 1 aromatic rings. The molecule has 2 heterocycles. The zero-order chi connectivity index (χ0) is 11.2. The maximum atomic E-state index is 5.62. The van der Waals surface area contributed by atoms with E-state index in [1.165, 1.54) is 18.4 Å². The second-order valence-corrected chi connectivity index (χ2v) is 4.46. The van der Waals surface area contributed by atoms with Crippen molar-refractivity contribution >= 4 is 0 Å². The third-order valence-corrected chi connectivity index (χ3v) is 3.12. The summed E-state index contributed by atoms with van der Waals surface area (Å²) in [6.45, 7) is 6.18. The van der Waals surface area contributed by atoms with Crippen LogP contribution < -0.4 is 5.32 Å². The molecule has 1 aromatic heterocycles. The third kappa shape index (κ3) is 3.35. The summed E-state index contributed by atoms with van der Waals surface area (Å²) >= 11 is 0. The lowest BCUT2D eigenvalue weighted by atomic mass is 10.2. The van der Waals surface area contributed by atoms with E-state index in [0.717, 1.165) is 32.7 Å². The van der Waals surface area contributed by atoms with E-state index < -0.39 is 0 Å². The highest BCUT2D eigenvalue weighted by atomic mass is 16.5. The fraction of sp³-hybridized carbons (Fsp3) is 0.692. The lowest BCUT2D eigenvalue weighted by Gasteiger charge is -2.09. The van der Waals surface area contributed by atoms with Gasteiger partial charge in [0.15, 0.2) is 0 Å². The topological polar surface area (TPSA) is 26.2 Å². The molecule has 90 valence electrons. The second kappa shape index (κ2) is 6.06. The molecule has 1 fully saturated rings. The maximum absolute atomic E-state index is 5.62. The van der Waals surface area contributed by atoms with Gasteiger partial charge in [0.25, 0.3) is 0 Å². The SMILES string of the molecule is CCNCc1ccn(CCC2CCCO2)c1. The molecule has 0 aromatic carbocycles. The minimum Gasteiger partial charge on any atom is -0.378 e. The average Bonchev–Trinajstić information content (AvgIpc) is 2.95. The normalized spacial score (nSPS) is 20.4. The van der Waals surface area contributed by atoms with E-state index >= 15 is 0 Å². The van der Waals surface area contributed by atoms with Gasteiger partial charge in [0.2, 0.25) is 0 Å². The largest absolute Gasteiger partial charge is 0.378 e. The number of aromatic nitrogens is 1. The van der Waals surface area contributed by atoms with E-state index in [-0.39, 0.29) is 0 Å². The van der Waals surface area contributed by atoms with Crippen molar-refractivity contribution in [2.24, 2.45) is 0 Å². The van der Waals surface area contributed by atoms with Gasteiger partial charge in [0, 0.05) is 32.1 Å². The molecule has 1 N–H and O–H groups in total. The predicted octanol–water partition coefficient (Wildman–Crippen LogP) is 2.17. The molecule has 0 saturated carbocycles. The third-order valence-electron chi connectivity index (χ3n) is 3.12. The summed E-state index contributed by atoms with van der Waals surface area (Å²) in [7, 11) is 0. The van der Waals surface area contributed by atoms with Crippen LogP contribution in [0.3, 0.4) is 0 Å². The van der Waals surface area contributed by atoms with Gasteiger partial charge in [-0.05, 0) is 37.4 Å². The Kier molecular flexibility index (Phi) is 4.43. The Balaban J connectivity index is 1.73. The monoisotopic (exact) mass is 222 g/mol. The first-order chi connectivity index (χ1) is 7.88. The quantitative estimate of drug-likeness (QED) is 0.798. The van der Waals surface area contributed by atoms with Crippen molar-refractivity contribution in [3.8, 4) is 0 Å². The summed E-state index contributed by atoms with van der Waals surface area (Å²) < 4.78 is 7.89. The van der Waals surface area contributed by atoms with Crippen molar-refractivity contribution in [3.05, 3.63) is 24.0 Å². The van der Waals surface area contributed by atoms with E-state index in [2.05, 4.69) is 35.3 Å². The Bertz CT molecular complexity index is 303. The zero-order valence-corrected chi connectivity index (χ0v) is 10.1. The van der Waals surface area contributed by atoms with Crippen LogP contribution in [0.1, 0.15) is 31.7 Å². The predicted molar refractivity (Wildman–Crippen MR) is 65.4 cm³/mol. The van der Waals surface area contributed by atoms with Crippen molar-refractivity contribution < 1.29 is 4.74 Å². The first-order valence-corrected chi connectivity index (χ1v) is 6.35. The summed E-state index contributed by atoms with van der Waals surface area (Å²) in [6.07, 6.45) is 8.53. The molecule has 3 nitrogen and oxygen atoms in total. The molecular formula is C13H22N2O. The molecule has 0 radical (unpaired) electrons. The lowest BCUT2D eigenvalue weighted by Crippen LogP contribution is -2.11. The van der Waals surface area contributed by atoms with Crippen molar-refractivity contribution in [1.82, 2.24) is 9.88 Å². The summed E-state index contributed by atoms with van der Waals surface area (Å²) in [6, 6.07) is 2.19. The number of aryl methyl sites for hydroxylation is 1. The van der Waals surface area contributed by atoms with Crippen molar-refractivity contribution in [3.63, 3.8) is 0 Å². The molecule has 0 amide bonds. The van der Waals surface area contributed by atoms with Gasteiger partial charge < -0.3 is 14.6 Å². The minimum absolute atomic E-state index is 0.500. The second-order valence-electron chi connectivity index (χ2n) is 4.46. The van der Waals surface area contributed by atoms with Crippen molar-refractivity contribution in [2.75, 3.05) is 13.2 Å².